The van der Waals surface area contributed by atoms with E-state index in [0.29, 0.717) is 17.0 Å². The van der Waals surface area contributed by atoms with Gasteiger partial charge in [-0.1, -0.05) is 11.6 Å². The van der Waals surface area contributed by atoms with Crippen LogP contribution in [0.25, 0.3) is 0 Å². The molecule has 3 rings (SSSR count). The fourth-order valence-electron chi connectivity index (χ4n) is 2.34. The molecule has 3 aromatic heterocycles. The summed E-state index contributed by atoms with van der Waals surface area (Å²) < 4.78 is 42.8. The molecule has 3 N–H and O–H groups in total. The molecule has 0 atom stereocenters. The first-order valence-corrected chi connectivity index (χ1v) is 10.0. The second kappa shape index (κ2) is 9.79. The van der Waals surface area contributed by atoms with Crippen LogP contribution in [-0.2, 0) is 17.4 Å². The molecule has 0 unspecified atom stereocenters. The minimum Gasteiger partial charge on any atom is -0.459 e. The molecule has 0 bridgehead atoms. The Bertz CT molecular complexity index is 1060. The zero-order valence-electron chi connectivity index (χ0n) is 15.6. The lowest BCUT2D eigenvalue weighted by atomic mass is 10.3. The number of halogens is 4. The lowest BCUT2D eigenvalue weighted by molar-refractivity contribution is -0.137. The summed E-state index contributed by atoms with van der Waals surface area (Å²) in [4.78, 5) is 31.7. The number of furan rings is 1. The highest BCUT2D eigenvalue weighted by molar-refractivity contribution is 7.14. The minimum absolute atomic E-state index is 0.00753. The van der Waals surface area contributed by atoms with Crippen LogP contribution in [0, 0.1) is 0 Å². The molecular weight excluding hydrogens is 459 g/mol. The maximum absolute atomic E-state index is 12.6. The molecule has 0 fully saturated rings. The number of nitrogens with zero attached hydrogens (tertiary/aromatic N) is 2. The highest BCUT2D eigenvalue weighted by Crippen LogP contribution is 2.32. The second-order valence-corrected chi connectivity index (χ2v) is 7.35. The van der Waals surface area contributed by atoms with Gasteiger partial charge in [0.25, 0.3) is 5.91 Å². The first kappa shape index (κ1) is 22.6. The Morgan fingerprint density at radius 2 is 2.06 bits per heavy atom. The van der Waals surface area contributed by atoms with Gasteiger partial charge in [-0.15, -0.1) is 11.3 Å². The third-order valence-electron chi connectivity index (χ3n) is 3.77. The molecule has 0 aromatic carbocycles. The molecule has 0 spiro atoms. The average Bonchev–Trinajstić information content (AvgIpc) is 3.38. The van der Waals surface area contributed by atoms with Crippen LogP contribution in [0.5, 0.6) is 0 Å². The van der Waals surface area contributed by atoms with Gasteiger partial charge in [-0.05, 0) is 18.2 Å². The van der Waals surface area contributed by atoms with Gasteiger partial charge in [0.1, 0.15) is 5.82 Å². The number of pyridine rings is 1. The van der Waals surface area contributed by atoms with Gasteiger partial charge in [0.15, 0.2) is 10.9 Å². The average molecular weight is 474 g/mol. The van der Waals surface area contributed by atoms with Crippen molar-refractivity contribution in [3.05, 3.63) is 58.1 Å². The van der Waals surface area contributed by atoms with Gasteiger partial charge in [-0.3, -0.25) is 14.9 Å². The highest BCUT2D eigenvalue weighted by Gasteiger charge is 2.31. The van der Waals surface area contributed by atoms with E-state index >= 15 is 0 Å². The van der Waals surface area contributed by atoms with Crippen molar-refractivity contribution in [1.82, 2.24) is 15.3 Å². The van der Waals surface area contributed by atoms with Crippen LogP contribution in [-0.4, -0.2) is 34.9 Å². The molecule has 8 nitrogen and oxygen atoms in total. The van der Waals surface area contributed by atoms with Crippen molar-refractivity contribution in [1.29, 1.82) is 0 Å². The van der Waals surface area contributed by atoms with Gasteiger partial charge in [-0.2, -0.15) is 13.2 Å². The molecule has 0 saturated carbocycles. The van der Waals surface area contributed by atoms with E-state index in [1.54, 1.807) is 11.4 Å². The number of nitrogens with one attached hydrogen (secondary N) is 3. The summed E-state index contributed by atoms with van der Waals surface area (Å²) in [5, 5.41) is 9.76. The lowest BCUT2D eigenvalue weighted by Gasteiger charge is -2.11. The van der Waals surface area contributed by atoms with E-state index in [1.807, 2.05) is 0 Å². The van der Waals surface area contributed by atoms with Crippen LogP contribution in [0.4, 0.5) is 24.1 Å². The van der Waals surface area contributed by atoms with Gasteiger partial charge < -0.3 is 15.1 Å². The smallest absolute Gasteiger partial charge is 0.417 e. The van der Waals surface area contributed by atoms with Crippen molar-refractivity contribution in [2.45, 2.75) is 12.6 Å². The van der Waals surface area contributed by atoms with E-state index in [4.69, 9.17) is 16.0 Å². The molecule has 31 heavy (non-hydrogen) atoms. The fraction of sp³-hybridized carbons (Fsp3) is 0.222. The zero-order chi connectivity index (χ0) is 22.4. The topological polar surface area (TPSA) is 109 Å². The van der Waals surface area contributed by atoms with Crippen molar-refractivity contribution in [2.75, 3.05) is 23.7 Å². The van der Waals surface area contributed by atoms with Crippen LogP contribution in [0.2, 0.25) is 5.02 Å². The number of alkyl halides is 3. The van der Waals surface area contributed by atoms with Crippen LogP contribution in [0.15, 0.2) is 40.5 Å². The van der Waals surface area contributed by atoms with Gasteiger partial charge in [0.2, 0.25) is 5.91 Å². The Kier molecular flexibility index (Phi) is 7.13. The van der Waals surface area contributed by atoms with E-state index in [1.165, 1.54) is 23.7 Å². The van der Waals surface area contributed by atoms with E-state index in [9.17, 15) is 22.8 Å². The number of anilines is 2. The maximum atomic E-state index is 12.6. The molecule has 3 heterocycles. The highest BCUT2D eigenvalue weighted by atomic mass is 35.5. The summed E-state index contributed by atoms with van der Waals surface area (Å²) in [6, 6.07) is 3.88. The number of rotatable bonds is 8. The van der Waals surface area contributed by atoms with Crippen molar-refractivity contribution < 1.29 is 27.2 Å². The molecular formula is C18H15ClF3N5O3S. The predicted octanol–water partition coefficient (Wildman–Crippen LogP) is 3.83. The first-order chi connectivity index (χ1) is 14.7. The number of amides is 2. The quantitative estimate of drug-likeness (QED) is 0.429. The van der Waals surface area contributed by atoms with Crippen molar-refractivity contribution in [3.63, 3.8) is 0 Å². The van der Waals surface area contributed by atoms with Crippen molar-refractivity contribution >= 4 is 45.7 Å². The predicted molar refractivity (Wildman–Crippen MR) is 108 cm³/mol. The maximum Gasteiger partial charge on any atom is 0.417 e. The standard InChI is InChI=1S/C18H15ClF3N5O3S/c19-12-6-10(18(20,21)22)8-25-15(12)24-4-3-23-14(28)7-11-9-31-17(26-11)27-16(29)13-2-1-5-30-13/h1-2,5-6,8-9H,3-4,7H2,(H,23,28)(H,24,25)(H,26,27,29). The molecule has 2 amide bonds. The first-order valence-electron chi connectivity index (χ1n) is 8.75. The Morgan fingerprint density at radius 1 is 1.26 bits per heavy atom. The van der Waals surface area contributed by atoms with E-state index in [-0.39, 0.29) is 42.0 Å². The molecule has 3 aromatic rings. The Labute approximate surface area is 182 Å². The van der Waals surface area contributed by atoms with E-state index in [0.717, 1.165) is 6.07 Å². The molecule has 0 saturated heterocycles. The van der Waals surface area contributed by atoms with E-state index in [2.05, 4.69) is 25.9 Å². The van der Waals surface area contributed by atoms with Crippen LogP contribution < -0.4 is 16.0 Å². The number of carbonyl (C=O) groups is 2. The largest absolute Gasteiger partial charge is 0.459 e. The number of hydrogen-bond donors (Lipinski definition) is 3. The third kappa shape index (κ3) is 6.43. The minimum atomic E-state index is -4.53. The van der Waals surface area contributed by atoms with Crippen LogP contribution >= 0.6 is 22.9 Å². The lowest BCUT2D eigenvalue weighted by Crippen LogP contribution is -2.30. The molecule has 0 aliphatic rings. The van der Waals surface area contributed by atoms with E-state index < -0.39 is 17.6 Å². The number of carbonyl (C=O) groups excluding carboxylic acids is 2. The number of aromatic nitrogens is 2. The summed E-state index contributed by atoms with van der Waals surface area (Å²) in [6.45, 7) is 0.384. The SMILES string of the molecule is O=C(Cc1csc(NC(=O)c2ccco2)n1)NCCNc1ncc(C(F)(F)F)cc1Cl. The van der Waals surface area contributed by atoms with Gasteiger partial charge >= 0.3 is 6.18 Å². The summed E-state index contributed by atoms with van der Waals surface area (Å²) >= 11 is 6.97. The van der Waals surface area contributed by atoms with Crippen molar-refractivity contribution in [3.8, 4) is 0 Å². The number of hydrogen-bond acceptors (Lipinski definition) is 7. The number of thiazole rings is 1. The summed E-state index contributed by atoms with van der Waals surface area (Å²) in [7, 11) is 0. The Hall–Kier alpha value is -3.12. The van der Waals surface area contributed by atoms with Crippen LogP contribution in [0.1, 0.15) is 21.8 Å². The third-order valence-corrected chi connectivity index (χ3v) is 4.86. The molecule has 0 radical (unpaired) electrons. The molecule has 0 aliphatic heterocycles. The fourth-order valence-corrected chi connectivity index (χ4v) is 3.28. The summed E-state index contributed by atoms with van der Waals surface area (Å²) in [6.07, 6.45) is -2.48. The van der Waals surface area contributed by atoms with Gasteiger partial charge in [0.05, 0.1) is 29.0 Å². The molecule has 164 valence electrons. The monoisotopic (exact) mass is 473 g/mol. The second-order valence-electron chi connectivity index (χ2n) is 6.08. The van der Waals surface area contributed by atoms with Crippen molar-refractivity contribution in [2.24, 2.45) is 0 Å². The Balaban J connectivity index is 1.41. The van der Waals surface area contributed by atoms with Crippen LogP contribution in [0.3, 0.4) is 0 Å². The van der Waals surface area contributed by atoms with Gasteiger partial charge in [-0.25, -0.2) is 9.97 Å². The summed E-state index contributed by atoms with van der Waals surface area (Å²) in [5.74, 6) is -0.538. The normalized spacial score (nSPS) is 11.2. The molecule has 13 heteroatoms. The van der Waals surface area contributed by atoms with Gasteiger partial charge in [0, 0.05) is 24.7 Å². The molecule has 0 aliphatic carbocycles. The Morgan fingerprint density at radius 3 is 2.74 bits per heavy atom. The zero-order valence-corrected chi connectivity index (χ0v) is 17.2. The summed E-state index contributed by atoms with van der Waals surface area (Å²) in [5.41, 5.74) is -0.475.